The highest BCUT2D eigenvalue weighted by Crippen LogP contribution is 2.31. The lowest BCUT2D eigenvalue weighted by Crippen LogP contribution is -2.28. The predicted octanol–water partition coefficient (Wildman–Crippen LogP) is 0.994. The highest BCUT2D eigenvalue weighted by Gasteiger charge is 2.31. The van der Waals surface area contributed by atoms with Crippen molar-refractivity contribution in [2.45, 2.75) is 33.1 Å². The third kappa shape index (κ3) is 2.63. The molecule has 0 amide bonds. The molecule has 0 bridgehead atoms. The zero-order valence-corrected chi connectivity index (χ0v) is 12.3. The van der Waals surface area contributed by atoms with Crippen molar-refractivity contribution >= 4 is 17.8 Å². The normalized spacial score (nSPS) is 21.6. The van der Waals surface area contributed by atoms with Gasteiger partial charge < -0.3 is 9.80 Å². The van der Waals surface area contributed by atoms with Gasteiger partial charge in [-0.1, -0.05) is 13.8 Å². The van der Waals surface area contributed by atoms with Crippen LogP contribution in [0.2, 0.25) is 0 Å². The van der Waals surface area contributed by atoms with Crippen molar-refractivity contribution in [3.05, 3.63) is 0 Å². The number of nitrogens with one attached hydrogen (secondary N) is 1. The second kappa shape index (κ2) is 5.05. The zero-order chi connectivity index (χ0) is 14.2. The molecule has 2 fully saturated rings. The number of aromatic nitrogens is 3. The number of hydrogen-bond acceptors (Lipinski definition) is 7. The van der Waals surface area contributed by atoms with Gasteiger partial charge in [0.1, 0.15) is 0 Å². The average Bonchev–Trinajstić information content (AvgIpc) is 3.07. The summed E-state index contributed by atoms with van der Waals surface area (Å²) in [5, 5.41) is 0. The largest absolute Gasteiger partial charge is 0.341 e. The van der Waals surface area contributed by atoms with Crippen LogP contribution < -0.4 is 21.1 Å². The van der Waals surface area contributed by atoms with Crippen LogP contribution in [0.3, 0.4) is 0 Å². The number of nitrogens with zero attached hydrogens (tertiary/aromatic N) is 5. The van der Waals surface area contributed by atoms with E-state index in [4.69, 9.17) is 5.84 Å². The highest BCUT2D eigenvalue weighted by molar-refractivity contribution is 5.46. The summed E-state index contributed by atoms with van der Waals surface area (Å²) in [4.78, 5) is 17.9. The Morgan fingerprint density at radius 3 is 2.20 bits per heavy atom. The molecule has 3 N–H and O–H groups in total. The smallest absolute Gasteiger partial charge is 0.243 e. The predicted molar refractivity (Wildman–Crippen MR) is 79.7 cm³/mol. The minimum atomic E-state index is 0.316. The van der Waals surface area contributed by atoms with Gasteiger partial charge in [0.05, 0.1) is 0 Å². The summed E-state index contributed by atoms with van der Waals surface area (Å²) in [5.74, 6) is 7.42. The van der Waals surface area contributed by atoms with Crippen molar-refractivity contribution in [1.29, 1.82) is 0 Å². The minimum Gasteiger partial charge on any atom is -0.341 e. The summed E-state index contributed by atoms with van der Waals surface area (Å²) in [7, 11) is 0. The second-order valence-electron chi connectivity index (χ2n) is 6.43. The molecule has 2 saturated heterocycles. The van der Waals surface area contributed by atoms with Crippen LogP contribution in [0.5, 0.6) is 0 Å². The van der Waals surface area contributed by atoms with Crippen molar-refractivity contribution in [3.63, 3.8) is 0 Å². The minimum absolute atomic E-state index is 0.316. The molecule has 2 aliphatic heterocycles. The summed E-state index contributed by atoms with van der Waals surface area (Å²) in [5.41, 5.74) is 2.88. The first-order valence-corrected chi connectivity index (χ1v) is 7.30. The fourth-order valence-corrected chi connectivity index (χ4v) is 2.90. The maximum absolute atomic E-state index is 5.50. The van der Waals surface area contributed by atoms with Crippen LogP contribution in [0, 0.1) is 5.41 Å². The molecule has 1 aromatic rings. The molecule has 0 saturated carbocycles. The van der Waals surface area contributed by atoms with E-state index in [1.807, 2.05) is 0 Å². The zero-order valence-electron chi connectivity index (χ0n) is 12.3. The van der Waals surface area contributed by atoms with Crippen LogP contribution in [0.4, 0.5) is 17.8 Å². The van der Waals surface area contributed by atoms with Gasteiger partial charge in [-0.25, -0.2) is 5.84 Å². The highest BCUT2D eigenvalue weighted by atomic mass is 15.4. The molecule has 3 rings (SSSR count). The van der Waals surface area contributed by atoms with Gasteiger partial charge in [0.15, 0.2) is 0 Å². The number of nitrogen functional groups attached to an aromatic ring is 1. The molecule has 0 spiro atoms. The lowest BCUT2D eigenvalue weighted by atomic mass is 9.93. The van der Waals surface area contributed by atoms with Gasteiger partial charge in [-0.05, 0) is 24.7 Å². The molecule has 0 unspecified atom stereocenters. The lowest BCUT2D eigenvalue weighted by molar-refractivity contribution is 0.418. The molecular formula is C13H23N7. The first kappa shape index (κ1) is 13.4. The number of rotatable bonds is 3. The van der Waals surface area contributed by atoms with Gasteiger partial charge in [0, 0.05) is 26.2 Å². The van der Waals surface area contributed by atoms with E-state index in [2.05, 4.69) is 44.0 Å². The standard InChI is InChI=1S/C13H23N7/c1-13(2)5-8-20(9-13)12-16-10(18-14)15-11(17-12)19-6-3-4-7-19/h3-9,14H2,1-2H3,(H,15,16,17,18). The molecule has 7 heteroatoms. The van der Waals surface area contributed by atoms with E-state index in [9.17, 15) is 0 Å². The van der Waals surface area contributed by atoms with E-state index < -0.39 is 0 Å². The SMILES string of the molecule is CC1(C)CCN(c2nc(NN)nc(N3CCCC3)n2)C1. The van der Waals surface area contributed by atoms with Crippen LogP contribution in [-0.2, 0) is 0 Å². The van der Waals surface area contributed by atoms with E-state index in [1.165, 1.54) is 12.8 Å². The van der Waals surface area contributed by atoms with Crippen molar-refractivity contribution in [2.75, 3.05) is 41.4 Å². The van der Waals surface area contributed by atoms with E-state index in [-0.39, 0.29) is 0 Å². The molecule has 2 aliphatic rings. The number of anilines is 3. The Hall–Kier alpha value is -1.63. The second-order valence-corrected chi connectivity index (χ2v) is 6.43. The third-order valence-corrected chi connectivity index (χ3v) is 4.09. The molecule has 7 nitrogen and oxygen atoms in total. The summed E-state index contributed by atoms with van der Waals surface area (Å²) in [6.07, 6.45) is 3.55. The maximum Gasteiger partial charge on any atom is 0.243 e. The van der Waals surface area contributed by atoms with Crippen LogP contribution in [0.1, 0.15) is 33.1 Å². The molecule has 0 aliphatic carbocycles. The van der Waals surface area contributed by atoms with Gasteiger partial charge in [0.2, 0.25) is 17.8 Å². The lowest BCUT2D eigenvalue weighted by Gasteiger charge is -2.22. The van der Waals surface area contributed by atoms with Gasteiger partial charge in [-0.2, -0.15) is 15.0 Å². The third-order valence-electron chi connectivity index (χ3n) is 4.09. The molecule has 0 radical (unpaired) electrons. The van der Waals surface area contributed by atoms with Gasteiger partial charge in [-0.15, -0.1) is 0 Å². The van der Waals surface area contributed by atoms with Crippen LogP contribution >= 0.6 is 0 Å². The topological polar surface area (TPSA) is 83.2 Å². The molecule has 0 aromatic carbocycles. The van der Waals surface area contributed by atoms with E-state index in [0.717, 1.165) is 44.5 Å². The van der Waals surface area contributed by atoms with Crippen molar-refractivity contribution in [1.82, 2.24) is 15.0 Å². The maximum atomic E-state index is 5.50. The van der Waals surface area contributed by atoms with Crippen molar-refractivity contribution < 1.29 is 0 Å². The summed E-state index contributed by atoms with van der Waals surface area (Å²) >= 11 is 0. The molecule has 110 valence electrons. The monoisotopic (exact) mass is 277 g/mol. The first-order valence-electron chi connectivity index (χ1n) is 7.30. The Kier molecular flexibility index (Phi) is 3.37. The molecule has 20 heavy (non-hydrogen) atoms. The summed E-state index contributed by atoms with van der Waals surface area (Å²) in [6, 6.07) is 0. The fraction of sp³-hybridized carbons (Fsp3) is 0.769. The van der Waals surface area contributed by atoms with Crippen LogP contribution in [-0.4, -0.2) is 41.1 Å². The van der Waals surface area contributed by atoms with E-state index in [1.54, 1.807) is 0 Å². The Balaban J connectivity index is 1.88. The molecular weight excluding hydrogens is 254 g/mol. The fourth-order valence-electron chi connectivity index (χ4n) is 2.90. The molecule has 0 atom stereocenters. The van der Waals surface area contributed by atoms with Crippen molar-refractivity contribution in [2.24, 2.45) is 11.3 Å². The Bertz CT molecular complexity index is 482. The van der Waals surface area contributed by atoms with Crippen molar-refractivity contribution in [3.8, 4) is 0 Å². The van der Waals surface area contributed by atoms with E-state index in [0.29, 0.717) is 11.4 Å². The van der Waals surface area contributed by atoms with Gasteiger partial charge in [0.25, 0.3) is 0 Å². The number of hydrazine groups is 1. The van der Waals surface area contributed by atoms with Gasteiger partial charge >= 0.3 is 0 Å². The van der Waals surface area contributed by atoms with Crippen LogP contribution in [0.25, 0.3) is 0 Å². The molecule has 3 heterocycles. The van der Waals surface area contributed by atoms with Crippen LogP contribution in [0.15, 0.2) is 0 Å². The van der Waals surface area contributed by atoms with Gasteiger partial charge in [-0.3, -0.25) is 5.43 Å². The Labute approximate surface area is 119 Å². The summed E-state index contributed by atoms with van der Waals surface area (Å²) < 4.78 is 0. The molecule has 1 aromatic heterocycles. The first-order chi connectivity index (χ1) is 9.57. The Morgan fingerprint density at radius 1 is 1.00 bits per heavy atom. The quantitative estimate of drug-likeness (QED) is 0.629. The number of hydrogen-bond donors (Lipinski definition) is 2. The summed E-state index contributed by atoms with van der Waals surface area (Å²) in [6.45, 7) is 8.54. The van der Waals surface area contributed by atoms with E-state index >= 15 is 0 Å². The average molecular weight is 277 g/mol. The number of nitrogens with two attached hydrogens (primary N) is 1. The Morgan fingerprint density at radius 2 is 1.65 bits per heavy atom.